The van der Waals surface area contributed by atoms with Gasteiger partial charge in [-0.1, -0.05) is 30.3 Å². The molecule has 0 aliphatic carbocycles. The van der Waals surface area contributed by atoms with Crippen LogP contribution in [0, 0.1) is 0 Å². The van der Waals surface area contributed by atoms with Crippen LogP contribution < -0.4 is 5.32 Å². The summed E-state index contributed by atoms with van der Waals surface area (Å²) in [5.74, 6) is -0.301. The minimum absolute atomic E-state index is 0.0821. The fourth-order valence-corrected chi connectivity index (χ4v) is 2.99. The maximum absolute atomic E-state index is 12.4. The molecule has 132 valence electrons. The molecule has 0 fully saturated rings. The number of fused-ring (bicyclic) bond motifs is 1. The van der Waals surface area contributed by atoms with Gasteiger partial charge in [0.2, 0.25) is 0 Å². The SMILES string of the molecule is O=C(NCc1ccccc1)c1cc2n(n1)CCN(C(=O)c1ccoc1)C2. The first-order valence-electron chi connectivity index (χ1n) is 8.41. The molecule has 7 nitrogen and oxygen atoms in total. The van der Waals surface area contributed by atoms with Crippen molar-refractivity contribution in [3.63, 3.8) is 0 Å². The number of amides is 2. The van der Waals surface area contributed by atoms with Gasteiger partial charge in [0.25, 0.3) is 11.8 Å². The van der Waals surface area contributed by atoms with Gasteiger partial charge in [-0.3, -0.25) is 14.3 Å². The Bertz CT molecular complexity index is 916. The summed E-state index contributed by atoms with van der Waals surface area (Å²) in [4.78, 5) is 26.5. The maximum Gasteiger partial charge on any atom is 0.272 e. The second-order valence-corrected chi connectivity index (χ2v) is 6.15. The number of hydrogen-bond donors (Lipinski definition) is 1. The van der Waals surface area contributed by atoms with E-state index in [-0.39, 0.29) is 11.8 Å². The lowest BCUT2D eigenvalue weighted by Gasteiger charge is -2.27. The lowest BCUT2D eigenvalue weighted by Crippen LogP contribution is -2.38. The van der Waals surface area contributed by atoms with Gasteiger partial charge in [-0.25, -0.2) is 0 Å². The smallest absolute Gasteiger partial charge is 0.272 e. The largest absolute Gasteiger partial charge is 0.472 e. The van der Waals surface area contributed by atoms with Gasteiger partial charge in [-0.15, -0.1) is 0 Å². The summed E-state index contributed by atoms with van der Waals surface area (Å²) >= 11 is 0. The van der Waals surface area contributed by atoms with Crippen molar-refractivity contribution in [3.05, 3.63) is 77.5 Å². The van der Waals surface area contributed by atoms with E-state index in [0.717, 1.165) is 11.3 Å². The quantitative estimate of drug-likeness (QED) is 0.781. The third-order valence-electron chi connectivity index (χ3n) is 4.38. The Morgan fingerprint density at radius 2 is 2.00 bits per heavy atom. The standard InChI is InChI=1S/C19H18N4O3/c24-18(20-11-14-4-2-1-3-5-14)17-10-16-12-22(7-8-23(16)21-17)19(25)15-6-9-26-13-15/h1-6,9-10,13H,7-8,11-12H2,(H,20,24). The lowest BCUT2D eigenvalue weighted by atomic mass is 10.2. The molecule has 26 heavy (non-hydrogen) atoms. The molecule has 1 aliphatic heterocycles. The number of furan rings is 1. The van der Waals surface area contributed by atoms with Crippen molar-refractivity contribution in [2.24, 2.45) is 0 Å². The molecular weight excluding hydrogens is 332 g/mol. The molecule has 1 aromatic carbocycles. The maximum atomic E-state index is 12.4. The Morgan fingerprint density at radius 3 is 2.77 bits per heavy atom. The van der Waals surface area contributed by atoms with E-state index in [1.165, 1.54) is 12.5 Å². The number of aromatic nitrogens is 2. The highest BCUT2D eigenvalue weighted by molar-refractivity contribution is 5.94. The molecule has 0 atom stereocenters. The molecule has 3 heterocycles. The molecule has 0 bridgehead atoms. The zero-order chi connectivity index (χ0) is 17.9. The van der Waals surface area contributed by atoms with Crippen molar-refractivity contribution in [2.75, 3.05) is 6.54 Å². The van der Waals surface area contributed by atoms with Crippen LogP contribution in [0.2, 0.25) is 0 Å². The van der Waals surface area contributed by atoms with Crippen LogP contribution in [0.25, 0.3) is 0 Å². The summed E-state index contributed by atoms with van der Waals surface area (Å²) in [7, 11) is 0. The summed E-state index contributed by atoms with van der Waals surface area (Å²) in [6.45, 7) is 1.98. The highest BCUT2D eigenvalue weighted by Gasteiger charge is 2.25. The molecule has 0 saturated heterocycles. The summed E-state index contributed by atoms with van der Waals surface area (Å²) in [6, 6.07) is 13.1. The van der Waals surface area contributed by atoms with Gasteiger partial charge in [0.1, 0.15) is 6.26 Å². The van der Waals surface area contributed by atoms with Crippen LogP contribution in [-0.2, 0) is 19.6 Å². The van der Waals surface area contributed by atoms with Crippen LogP contribution in [0.5, 0.6) is 0 Å². The van der Waals surface area contributed by atoms with Gasteiger partial charge in [0.15, 0.2) is 5.69 Å². The highest BCUT2D eigenvalue weighted by atomic mass is 16.3. The van der Waals surface area contributed by atoms with Gasteiger partial charge < -0.3 is 14.6 Å². The summed E-state index contributed by atoms with van der Waals surface area (Å²) in [5, 5.41) is 7.24. The van der Waals surface area contributed by atoms with Crippen molar-refractivity contribution in [1.29, 1.82) is 0 Å². The van der Waals surface area contributed by atoms with Crippen molar-refractivity contribution in [3.8, 4) is 0 Å². The second-order valence-electron chi connectivity index (χ2n) is 6.15. The number of benzene rings is 1. The number of nitrogens with one attached hydrogen (secondary N) is 1. The number of carbonyl (C=O) groups excluding carboxylic acids is 2. The number of carbonyl (C=O) groups is 2. The van der Waals surface area contributed by atoms with Gasteiger partial charge in [-0.2, -0.15) is 5.10 Å². The van der Waals surface area contributed by atoms with Crippen molar-refractivity contribution < 1.29 is 14.0 Å². The molecule has 0 spiro atoms. The highest BCUT2D eigenvalue weighted by Crippen LogP contribution is 2.17. The van der Waals surface area contributed by atoms with Crippen LogP contribution in [0.15, 0.2) is 59.4 Å². The lowest BCUT2D eigenvalue weighted by molar-refractivity contribution is 0.0704. The normalized spacial score (nSPS) is 13.3. The first-order chi connectivity index (χ1) is 12.7. The van der Waals surface area contributed by atoms with E-state index in [2.05, 4.69) is 10.4 Å². The van der Waals surface area contributed by atoms with Crippen molar-refractivity contribution in [2.45, 2.75) is 19.6 Å². The molecule has 3 aromatic rings. The van der Waals surface area contributed by atoms with E-state index >= 15 is 0 Å². The van der Waals surface area contributed by atoms with E-state index in [1.807, 2.05) is 30.3 Å². The van der Waals surface area contributed by atoms with Crippen LogP contribution in [-0.4, -0.2) is 33.0 Å². The molecule has 2 amide bonds. The Morgan fingerprint density at radius 1 is 1.15 bits per heavy atom. The predicted octanol–water partition coefficient (Wildman–Crippen LogP) is 2.06. The van der Waals surface area contributed by atoms with E-state index in [4.69, 9.17) is 4.42 Å². The van der Waals surface area contributed by atoms with E-state index in [0.29, 0.717) is 37.4 Å². The van der Waals surface area contributed by atoms with Crippen LogP contribution in [0.4, 0.5) is 0 Å². The zero-order valence-electron chi connectivity index (χ0n) is 14.1. The van der Waals surface area contributed by atoms with Crippen LogP contribution >= 0.6 is 0 Å². The molecule has 0 unspecified atom stereocenters. The average Bonchev–Trinajstić information content (AvgIpc) is 3.35. The fraction of sp³-hybridized carbons (Fsp3) is 0.211. The van der Waals surface area contributed by atoms with Crippen LogP contribution in [0.1, 0.15) is 32.1 Å². The number of nitrogens with zero attached hydrogens (tertiary/aromatic N) is 3. The first kappa shape index (κ1) is 16.1. The Labute approximate surface area is 150 Å². The first-order valence-corrected chi connectivity index (χ1v) is 8.41. The summed E-state index contributed by atoms with van der Waals surface area (Å²) in [5.41, 5.74) is 2.77. The topological polar surface area (TPSA) is 80.4 Å². The van der Waals surface area contributed by atoms with Gasteiger partial charge in [-0.05, 0) is 17.7 Å². The van der Waals surface area contributed by atoms with Gasteiger partial charge in [0.05, 0.1) is 30.6 Å². The fourth-order valence-electron chi connectivity index (χ4n) is 2.99. The Hall–Kier alpha value is -3.35. The van der Waals surface area contributed by atoms with Crippen LogP contribution in [0.3, 0.4) is 0 Å². The van der Waals surface area contributed by atoms with Gasteiger partial charge in [0, 0.05) is 13.1 Å². The molecule has 4 rings (SSSR count). The molecule has 7 heteroatoms. The van der Waals surface area contributed by atoms with Crippen molar-refractivity contribution in [1.82, 2.24) is 20.0 Å². The Kier molecular flexibility index (Phi) is 4.27. The van der Waals surface area contributed by atoms with Crippen molar-refractivity contribution >= 4 is 11.8 Å². The van der Waals surface area contributed by atoms with Gasteiger partial charge >= 0.3 is 0 Å². The Balaban J connectivity index is 1.42. The van der Waals surface area contributed by atoms with E-state index in [1.54, 1.807) is 21.7 Å². The number of rotatable bonds is 4. The molecule has 0 radical (unpaired) electrons. The minimum Gasteiger partial charge on any atom is -0.472 e. The molecule has 2 aromatic heterocycles. The molecular formula is C19H18N4O3. The predicted molar refractivity (Wildman–Crippen MR) is 93.3 cm³/mol. The summed E-state index contributed by atoms with van der Waals surface area (Å²) in [6.07, 6.45) is 2.92. The summed E-state index contributed by atoms with van der Waals surface area (Å²) < 4.78 is 6.77. The van der Waals surface area contributed by atoms with E-state index < -0.39 is 0 Å². The molecule has 1 N–H and O–H groups in total. The zero-order valence-corrected chi connectivity index (χ0v) is 14.1. The average molecular weight is 350 g/mol. The molecule has 0 saturated carbocycles. The monoisotopic (exact) mass is 350 g/mol. The molecule has 1 aliphatic rings. The third-order valence-corrected chi connectivity index (χ3v) is 4.38. The minimum atomic E-state index is -0.219. The third kappa shape index (κ3) is 3.23. The van der Waals surface area contributed by atoms with E-state index in [9.17, 15) is 9.59 Å². The number of hydrogen-bond acceptors (Lipinski definition) is 4. The second kappa shape index (κ2) is 6.87.